The van der Waals surface area contributed by atoms with Crippen molar-refractivity contribution in [2.45, 2.75) is 184 Å². The molecular weight excluding hydrogens is 709 g/mol. The fraction of sp³-hybridized carbons (Fsp3) is 0.848. The lowest BCUT2D eigenvalue weighted by Crippen LogP contribution is -2.65. The van der Waals surface area contributed by atoms with Gasteiger partial charge in [-0.25, -0.2) is 0 Å². The first-order valence-corrected chi connectivity index (χ1v) is 21.8. The Morgan fingerprint density at radius 2 is 1.54 bits per heavy atom. The van der Waals surface area contributed by atoms with E-state index in [1.807, 2.05) is 13.8 Å². The molecule has 4 saturated carbocycles. The fourth-order valence-electron chi connectivity index (χ4n) is 13.2. The van der Waals surface area contributed by atoms with E-state index >= 15 is 0 Å². The molecule has 10 heteroatoms. The molecule has 0 aromatic rings. The molecule has 4 N–H and O–H groups in total. The molecule has 0 spiro atoms. The van der Waals surface area contributed by atoms with Crippen molar-refractivity contribution in [1.29, 1.82) is 0 Å². The summed E-state index contributed by atoms with van der Waals surface area (Å²) in [5.74, 6) is -1.26. The van der Waals surface area contributed by atoms with Gasteiger partial charge in [-0.1, -0.05) is 80.4 Å². The number of carbonyl (C=O) groups is 5. The van der Waals surface area contributed by atoms with E-state index in [4.69, 9.17) is 9.84 Å². The van der Waals surface area contributed by atoms with Crippen LogP contribution in [0.15, 0.2) is 11.6 Å². The van der Waals surface area contributed by atoms with Crippen LogP contribution in [0.5, 0.6) is 0 Å². The first kappa shape index (κ1) is 44.2. The number of hydrogen-bond donors (Lipinski definition) is 4. The second-order valence-electron chi connectivity index (χ2n) is 21.8. The molecule has 0 unspecified atom stereocenters. The van der Waals surface area contributed by atoms with Crippen LogP contribution in [0.25, 0.3) is 0 Å². The molecule has 0 bridgehead atoms. The van der Waals surface area contributed by atoms with Crippen LogP contribution in [-0.4, -0.2) is 58.6 Å². The SMILES string of the molecule is C[C@H](NC(=O)CCCCCNC(=O)[C@]12CCC(C)(C)C[C@H]1C1=CC[C@@H]3[C@@]4(C)CC[C@H](OC(=O)CC(C)(C)CC(=O)O)C(C)(C)[C@@H]4CC[C@@]3(C)[C@]1(C)CC2)C(=O)O. The van der Waals surface area contributed by atoms with Crippen molar-refractivity contribution in [2.75, 3.05) is 6.54 Å². The Bertz CT molecular complexity index is 1580. The predicted molar refractivity (Wildman–Crippen MR) is 216 cm³/mol. The zero-order valence-electron chi connectivity index (χ0n) is 36.3. The number of nitrogens with one attached hydrogen (secondary N) is 2. The van der Waals surface area contributed by atoms with Crippen LogP contribution in [0.2, 0.25) is 0 Å². The lowest BCUT2D eigenvalue weighted by Gasteiger charge is -2.71. The third-order valence-electron chi connectivity index (χ3n) is 16.7. The predicted octanol–water partition coefficient (Wildman–Crippen LogP) is 8.86. The number of ether oxygens (including phenoxy) is 1. The minimum Gasteiger partial charge on any atom is -0.481 e. The molecule has 5 aliphatic rings. The molecule has 10 nitrogen and oxygen atoms in total. The molecular formula is C46H74N2O8. The normalized spacial score (nSPS) is 36.2. The van der Waals surface area contributed by atoms with Crippen molar-refractivity contribution in [3.63, 3.8) is 0 Å². The quantitative estimate of drug-likeness (QED) is 0.0773. The van der Waals surface area contributed by atoms with Gasteiger partial charge in [0.1, 0.15) is 12.1 Å². The van der Waals surface area contributed by atoms with E-state index in [9.17, 15) is 29.1 Å². The van der Waals surface area contributed by atoms with Gasteiger partial charge >= 0.3 is 17.9 Å². The topological polar surface area (TPSA) is 159 Å². The van der Waals surface area contributed by atoms with E-state index < -0.39 is 28.8 Å². The van der Waals surface area contributed by atoms with Crippen LogP contribution in [0.1, 0.15) is 172 Å². The summed E-state index contributed by atoms with van der Waals surface area (Å²) in [5.41, 5.74) is 0.499. The van der Waals surface area contributed by atoms with Gasteiger partial charge < -0.3 is 25.6 Å². The zero-order valence-corrected chi connectivity index (χ0v) is 36.3. The largest absolute Gasteiger partial charge is 0.481 e. The summed E-state index contributed by atoms with van der Waals surface area (Å²) in [4.78, 5) is 62.2. The van der Waals surface area contributed by atoms with Gasteiger partial charge in [-0.15, -0.1) is 0 Å². The van der Waals surface area contributed by atoms with Crippen molar-refractivity contribution in [3.8, 4) is 0 Å². The number of allylic oxidation sites excluding steroid dienone is 2. The molecule has 56 heavy (non-hydrogen) atoms. The molecule has 0 heterocycles. The second-order valence-corrected chi connectivity index (χ2v) is 21.8. The summed E-state index contributed by atoms with van der Waals surface area (Å²) in [7, 11) is 0. The molecule has 0 aromatic carbocycles. The molecule has 4 fully saturated rings. The number of hydrogen-bond acceptors (Lipinski definition) is 6. The summed E-state index contributed by atoms with van der Waals surface area (Å²) in [6.07, 6.45) is 14.7. The molecule has 2 amide bonds. The summed E-state index contributed by atoms with van der Waals surface area (Å²) in [6, 6.07) is -0.902. The smallest absolute Gasteiger partial charge is 0.325 e. The fourth-order valence-corrected chi connectivity index (χ4v) is 13.2. The van der Waals surface area contributed by atoms with Crippen molar-refractivity contribution in [2.24, 2.45) is 55.7 Å². The molecule has 0 radical (unpaired) electrons. The van der Waals surface area contributed by atoms with E-state index in [1.165, 1.54) is 12.5 Å². The van der Waals surface area contributed by atoms with Crippen LogP contribution in [0, 0.1) is 55.7 Å². The Balaban J connectivity index is 1.30. The van der Waals surface area contributed by atoms with Gasteiger partial charge in [-0.3, -0.25) is 24.0 Å². The summed E-state index contributed by atoms with van der Waals surface area (Å²) >= 11 is 0. The number of carboxylic acid groups (broad SMARTS) is 2. The van der Waals surface area contributed by atoms with Gasteiger partial charge in [0, 0.05) is 18.4 Å². The van der Waals surface area contributed by atoms with Gasteiger partial charge in [0.25, 0.3) is 0 Å². The first-order chi connectivity index (χ1) is 25.8. The Morgan fingerprint density at radius 3 is 2.20 bits per heavy atom. The number of esters is 1. The van der Waals surface area contributed by atoms with Crippen LogP contribution in [0.3, 0.4) is 0 Å². The number of carboxylic acids is 2. The van der Waals surface area contributed by atoms with Crippen LogP contribution < -0.4 is 10.6 Å². The monoisotopic (exact) mass is 783 g/mol. The number of aliphatic carboxylic acids is 2. The maximum absolute atomic E-state index is 14.5. The van der Waals surface area contributed by atoms with Gasteiger partial charge in [-0.2, -0.15) is 0 Å². The van der Waals surface area contributed by atoms with Crippen molar-refractivity contribution in [3.05, 3.63) is 11.6 Å². The lowest BCUT2D eigenvalue weighted by atomic mass is 9.33. The number of fused-ring (bicyclic) bond motifs is 7. The number of unbranched alkanes of at least 4 members (excludes halogenated alkanes) is 2. The highest BCUT2D eigenvalue weighted by Crippen LogP contribution is 2.76. The van der Waals surface area contributed by atoms with E-state index in [-0.39, 0.29) is 76.1 Å². The second kappa shape index (κ2) is 15.7. The molecule has 5 aliphatic carbocycles. The van der Waals surface area contributed by atoms with Crippen molar-refractivity contribution >= 4 is 29.7 Å². The first-order valence-electron chi connectivity index (χ1n) is 21.8. The standard InChI is InChI=1S/C46H74N2O8/c1-29(38(53)54)48-35(49)14-12-11-13-25-47-39(55)46-23-21-40(2,3)26-31(46)30-15-16-33-43(8)19-18-34(56-37(52)28-41(4,5)27-36(50)51)42(6,7)32(43)17-20-45(33,10)44(30,9)22-24-46/h15,29,31-34H,11-14,16-28H2,1-10H3,(H,47,55)(H,48,49)(H,50,51)(H,53,54)/t29-,31-,32-,33+,34-,43-,44+,45+,46-/m0/s1. The van der Waals surface area contributed by atoms with Gasteiger partial charge in [0.15, 0.2) is 0 Å². The summed E-state index contributed by atoms with van der Waals surface area (Å²) in [6.45, 7) is 22.6. The molecule has 0 saturated heterocycles. The Kier molecular flexibility index (Phi) is 12.4. The molecule has 0 aliphatic heterocycles. The van der Waals surface area contributed by atoms with Crippen molar-refractivity contribution < 1.29 is 38.9 Å². The highest BCUT2D eigenvalue weighted by Gasteiger charge is 2.69. The van der Waals surface area contributed by atoms with Crippen LogP contribution in [-0.2, 0) is 28.7 Å². The minimum atomic E-state index is -1.05. The van der Waals surface area contributed by atoms with Gasteiger partial charge in [0.05, 0.1) is 18.3 Å². The summed E-state index contributed by atoms with van der Waals surface area (Å²) < 4.78 is 6.26. The molecule has 9 atom stereocenters. The van der Waals surface area contributed by atoms with E-state index in [0.717, 1.165) is 77.0 Å². The van der Waals surface area contributed by atoms with Crippen molar-refractivity contribution in [1.82, 2.24) is 10.6 Å². The van der Waals surface area contributed by atoms with Gasteiger partial charge in [0.2, 0.25) is 11.8 Å². The molecule has 0 aromatic heterocycles. The average Bonchev–Trinajstić information content (AvgIpc) is 3.06. The lowest BCUT2D eigenvalue weighted by molar-refractivity contribution is -0.213. The third-order valence-corrected chi connectivity index (χ3v) is 16.7. The number of carbonyl (C=O) groups excluding carboxylic acids is 3. The average molecular weight is 783 g/mol. The highest BCUT2D eigenvalue weighted by atomic mass is 16.5. The van der Waals surface area contributed by atoms with E-state index in [2.05, 4.69) is 65.2 Å². The number of amides is 2. The Labute approximate surface area is 336 Å². The number of rotatable bonds is 14. The maximum atomic E-state index is 14.5. The highest BCUT2D eigenvalue weighted by molar-refractivity contribution is 5.84. The zero-order chi connectivity index (χ0) is 41.7. The maximum Gasteiger partial charge on any atom is 0.325 e. The molecule has 316 valence electrons. The molecule has 5 rings (SSSR count). The van der Waals surface area contributed by atoms with Gasteiger partial charge in [-0.05, 0) is 129 Å². The van der Waals surface area contributed by atoms with E-state index in [1.54, 1.807) is 0 Å². The third kappa shape index (κ3) is 8.19. The summed E-state index contributed by atoms with van der Waals surface area (Å²) in [5, 5.41) is 24.3. The van der Waals surface area contributed by atoms with Crippen LogP contribution >= 0.6 is 0 Å². The minimum absolute atomic E-state index is 0.0202. The van der Waals surface area contributed by atoms with E-state index in [0.29, 0.717) is 24.8 Å². The Morgan fingerprint density at radius 1 is 0.857 bits per heavy atom. The van der Waals surface area contributed by atoms with Crippen LogP contribution in [0.4, 0.5) is 0 Å². The Hall–Kier alpha value is -2.91.